The van der Waals surface area contributed by atoms with E-state index in [9.17, 15) is 5.26 Å². The summed E-state index contributed by atoms with van der Waals surface area (Å²) in [7, 11) is 2.09. The second-order valence-corrected chi connectivity index (χ2v) is 4.34. The van der Waals surface area contributed by atoms with E-state index in [-0.39, 0.29) is 6.04 Å². The van der Waals surface area contributed by atoms with Crippen molar-refractivity contribution in [2.24, 2.45) is 0 Å². The molecule has 1 unspecified atom stereocenters. The molecule has 0 radical (unpaired) electrons. The fourth-order valence-corrected chi connectivity index (χ4v) is 2.09. The van der Waals surface area contributed by atoms with Crippen molar-refractivity contribution >= 4 is 11.6 Å². The largest absolute Gasteiger partial charge is 0.345 e. The molecule has 5 nitrogen and oxygen atoms in total. The molecule has 86 valence electrons. The van der Waals surface area contributed by atoms with Crippen LogP contribution in [-0.4, -0.2) is 53.0 Å². The fourth-order valence-electron chi connectivity index (χ4n) is 1.89. The molecule has 2 heterocycles. The highest BCUT2D eigenvalue weighted by Gasteiger charge is 2.26. The van der Waals surface area contributed by atoms with Crippen LogP contribution in [0.3, 0.4) is 0 Å². The van der Waals surface area contributed by atoms with Crippen LogP contribution >= 0.6 is 11.6 Å². The van der Waals surface area contributed by atoms with Gasteiger partial charge in [0, 0.05) is 26.2 Å². The van der Waals surface area contributed by atoms with Crippen LogP contribution in [0.25, 0.3) is 0 Å². The smallest absolute Gasteiger partial charge is 0.152 e. The minimum Gasteiger partial charge on any atom is -0.345 e. The van der Waals surface area contributed by atoms with Gasteiger partial charge in [0.05, 0.1) is 18.1 Å². The molecule has 0 aromatic carbocycles. The van der Waals surface area contributed by atoms with Gasteiger partial charge < -0.3 is 9.88 Å². The second kappa shape index (κ2) is 4.83. The van der Waals surface area contributed by atoms with E-state index in [1.165, 1.54) is 6.33 Å². The Morgan fingerprint density at radius 1 is 1.50 bits per heavy atom. The van der Waals surface area contributed by atoms with E-state index in [1.54, 1.807) is 0 Å². The standard InChI is InChI=1S/C10H14ClN5/c1-15-2-4-16(5-3-15)8(6-12)9-10(11)14-7-13-9/h7-8H,2-5H2,1H3,(H,13,14). The molecule has 0 bridgehead atoms. The molecule has 0 spiro atoms. The predicted octanol–water partition coefficient (Wildman–Crippen LogP) is 0.875. The lowest BCUT2D eigenvalue weighted by Gasteiger charge is -2.34. The summed E-state index contributed by atoms with van der Waals surface area (Å²) < 4.78 is 0. The minimum atomic E-state index is -0.316. The molecule has 1 N–H and O–H groups in total. The fraction of sp³-hybridized carbons (Fsp3) is 0.600. The van der Waals surface area contributed by atoms with Crippen LogP contribution in [0.15, 0.2) is 6.33 Å². The summed E-state index contributed by atoms with van der Waals surface area (Å²) in [5, 5.41) is 9.62. The molecule has 1 aromatic heterocycles. The van der Waals surface area contributed by atoms with Gasteiger partial charge in [-0.15, -0.1) is 0 Å². The third-order valence-corrected chi connectivity index (χ3v) is 3.22. The summed E-state index contributed by atoms with van der Waals surface area (Å²) in [6.45, 7) is 3.71. The lowest BCUT2D eigenvalue weighted by molar-refractivity contribution is 0.131. The molecule has 1 aliphatic rings. The molecule has 2 rings (SSSR count). The number of hydrogen-bond donors (Lipinski definition) is 1. The van der Waals surface area contributed by atoms with E-state index in [0.717, 1.165) is 26.2 Å². The Kier molecular flexibility index (Phi) is 3.44. The molecular formula is C10H14ClN5. The molecule has 0 aliphatic carbocycles. The molecular weight excluding hydrogens is 226 g/mol. The van der Waals surface area contributed by atoms with Crippen LogP contribution in [0.2, 0.25) is 5.15 Å². The monoisotopic (exact) mass is 239 g/mol. The summed E-state index contributed by atoms with van der Waals surface area (Å²) in [6, 6.07) is 1.97. The van der Waals surface area contributed by atoms with Crippen molar-refractivity contribution in [3.05, 3.63) is 17.2 Å². The Morgan fingerprint density at radius 3 is 2.69 bits per heavy atom. The number of likely N-dealkylation sites (N-methyl/N-ethyl adjacent to an activating group) is 1. The molecule has 6 heteroatoms. The zero-order valence-corrected chi connectivity index (χ0v) is 9.91. The van der Waals surface area contributed by atoms with Crippen LogP contribution in [-0.2, 0) is 0 Å². The first-order valence-corrected chi connectivity index (χ1v) is 5.61. The average molecular weight is 240 g/mol. The SMILES string of the molecule is CN1CCN(C(C#N)c2[nH]cnc2Cl)CC1. The first-order chi connectivity index (χ1) is 7.72. The molecule has 1 aromatic rings. The number of nitriles is 1. The normalized spacial score (nSPS) is 20.6. The second-order valence-electron chi connectivity index (χ2n) is 3.98. The lowest BCUT2D eigenvalue weighted by Crippen LogP contribution is -2.45. The van der Waals surface area contributed by atoms with E-state index in [0.29, 0.717) is 10.8 Å². The van der Waals surface area contributed by atoms with Gasteiger partial charge in [-0.25, -0.2) is 4.98 Å². The maximum absolute atomic E-state index is 9.23. The number of aromatic nitrogens is 2. The number of piperazine rings is 1. The summed E-state index contributed by atoms with van der Waals surface area (Å²) >= 11 is 5.93. The van der Waals surface area contributed by atoms with Crippen LogP contribution < -0.4 is 0 Å². The van der Waals surface area contributed by atoms with Gasteiger partial charge in [0.1, 0.15) is 6.04 Å². The Hall–Kier alpha value is -1.09. The van der Waals surface area contributed by atoms with Gasteiger partial charge in [0.2, 0.25) is 0 Å². The number of nitrogens with one attached hydrogen (secondary N) is 1. The third-order valence-electron chi connectivity index (χ3n) is 2.92. The van der Waals surface area contributed by atoms with Gasteiger partial charge in [-0.2, -0.15) is 5.26 Å². The number of halogens is 1. The van der Waals surface area contributed by atoms with Gasteiger partial charge in [0.25, 0.3) is 0 Å². The summed E-state index contributed by atoms with van der Waals surface area (Å²) in [6.07, 6.45) is 1.53. The Labute approximate surface area is 99.6 Å². The Balaban J connectivity index is 2.12. The Bertz CT molecular complexity index is 388. The molecule has 16 heavy (non-hydrogen) atoms. The van der Waals surface area contributed by atoms with Gasteiger partial charge in [0.15, 0.2) is 5.15 Å². The third kappa shape index (κ3) is 2.19. The zero-order chi connectivity index (χ0) is 11.5. The highest BCUT2D eigenvalue weighted by atomic mass is 35.5. The first kappa shape index (κ1) is 11.4. The van der Waals surface area contributed by atoms with E-state index in [2.05, 4.69) is 32.9 Å². The highest BCUT2D eigenvalue weighted by Crippen LogP contribution is 2.24. The summed E-state index contributed by atoms with van der Waals surface area (Å²) in [5.41, 5.74) is 0.703. The van der Waals surface area contributed by atoms with Crippen LogP contribution in [0.5, 0.6) is 0 Å². The van der Waals surface area contributed by atoms with Crippen molar-refractivity contribution in [1.82, 2.24) is 19.8 Å². The average Bonchev–Trinajstić information content (AvgIpc) is 2.69. The number of imidazole rings is 1. The molecule has 0 saturated carbocycles. The van der Waals surface area contributed by atoms with Crippen LogP contribution in [0.1, 0.15) is 11.7 Å². The van der Waals surface area contributed by atoms with Crippen LogP contribution in [0, 0.1) is 11.3 Å². The number of nitrogens with zero attached hydrogens (tertiary/aromatic N) is 4. The molecule has 1 atom stereocenters. The number of hydrogen-bond acceptors (Lipinski definition) is 4. The quantitative estimate of drug-likeness (QED) is 0.832. The van der Waals surface area contributed by atoms with Gasteiger partial charge >= 0.3 is 0 Å². The number of rotatable bonds is 2. The number of H-pyrrole nitrogens is 1. The van der Waals surface area contributed by atoms with E-state index >= 15 is 0 Å². The number of aromatic amines is 1. The highest BCUT2D eigenvalue weighted by molar-refractivity contribution is 6.30. The Morgan fingerprint density at radius 2 is 2.19 bits per heavy atom. The van der Waals surface area contributed by atoms with Gasteiger partial charge in [-0.05, 0) is 7.05 Å². The molecule has 1 aliphatic heterocycles. The topological polar surface area (TPSA) is 59.0 Å². The van der Waals surface area contributed by atoms with Crippen molar-refractivity contribution in [3.8, 4) is 6.07 Å². The van der Waals surface area contributed by atoms with Crippen molar-refractivity contribution in [3.63, 3.8) is 0 Å². The van der Waals surface area contributed by atoms with Crippen molar-refractivity contribution in [2.75, 3.05) is 33.2 Å². The van der Waals surface area contributed by atoms with Gasteiger partial charge in [-0.1, -0.05) is 11.6 Å². The van der Waals surface area contributed by atoms with Gasteiger partial charge in [-0.3, -0.25) is 4.90 Å². The van der Waals surface area contributed by atoms with Crippen LogP contribution in [0.4, 0.5) is 0 Å². The van der Waals surface area contributed by atoms with E-state index < -0.39 is 0 Å². The zero-order valence-electron chi connectivity index (χ0n) is 9.15. The summed E-state index contributed by atoms with van der Waals surface area (Å²) in [4.78, 5) is 11.2. The lowest BCUT2D eigenvalue weighted by atomic mass is 10.2. The van der Waals surface area contributed by atoms with Crippen molar-refractivity contribution in [2.45, 2.75) is 6.04 Å². The predicted molar refractivity (Wildman–Crippen MR) is 61.0 cm³/mol. The molecule has 1 fully saturated rings. The van der Waals surface area contributed by atoms with Crippen molar-refractivity contribution < 1.29 is 0 Å². The van der Waals surface area contributed by atoms with E-state index in [4.69, 9.17) is 11.6 Å². The van der Waals surface area contributed by atoms with E-state index in [1.807, 2.05) is 0 Å². The maximum Gasteiger partial charge on any atom is 0.152 e. The summed E-state index contributed by atoms with van der Waals surface area (Å²) in [5.74, 6) is 0. The minimum absolute atomic E-state index is 0.316. The maximum atomic E-state index is 9.23. The molecule has 0 amide bonds. The first-order valence-electron chi connectivity index (χ1n) is 5.23. The molecule has 1 saturated heterocycles. The van der Waals surface area contributed by atoms with Crippen molar-refractivity contribution in [1.29, 1.82) is 5.26 Å².